The maximum absolute atomic E-state index is 13.2. The molecule has 1 saturated heterocycles. The second-order valence-corrected chi connectivity index (χ2v) is 10.8. The minimum atomic E-state index is -4.55. The van der Waals surface area contributed by atoms with Gasteiger partial charge in [0.15, 0.2) is 5.90 Å². The lowest BCUT2D eigenvalue weighted by molar-refractivity contribution is -0.0935. The summed E-state index contributed by atoms with van der Waals surface area (Å²) in [5.41, 5.74) is 13.5. The van der Waals surface area contributed by atoms with E-state index in [4.69, 9.17) is 16.2 Å². The molecule has 10 nitrogen and oxygen atoms in total. The fourth-order valence-corrected chi connectivity index (χ4v) is 5.90. The molecule has 0 spiro atoms. The van der Waals surface area contributed by atoms with E-state index in [1.165, 1.54) is 0 Å². The standard InChI is InChI=1S/C26H32F3N9O/c1-15-20(31)8-21(26(27,28)29)36-24(15)39-18-3-6-37(7-4-18)17-9-25(10-17,13-30)38-12-16(11-35-38)22-19-2-5-32-23(19)34-14-33-22/h2,5,8,11-12,14-15,17-18,20H,3-4,6-7,9-10,13,30-31H2,1H3,(H,32,33,34). The molecular weight excluding hydrogens is 511 g/mol. The molecule has 208 valence electrons. The van der Waals surface area contributed by atoms with E-state index < -0.39 is 23.8 Å². The normalized spacial score (nSPS) is 28.7. The first-order chi connectivity index (χ1) is 18.7. The Labute approximate surface area is 223 Å². The molecule has 1 saturated carbocycles. The maximum atomic E-state index is 13.2. The average Bonchev–Trinajstić information content (AvgIpc) is 3.57. The van der Waals surface area contributed by atoms with Crippen molar-refractivity contribution < 1.29 is 17.9 Å². The zero-order chi connectivity index (χ0) is 27.4. The van der Waals surface area contributed by atoms with Gasteiger partial charge in [0.1, 0.15) is 23.8 Å². The number of fused-ring (bicyclic) bond motifs is 1. The van der Waals surface area contributed by atoms with Gasteiger partial charge in [-0.2, -0.15) is 18.3 Å². The molecule has 2 fully saturated rings. The molecule has 13 heteroatoms. The predicted octanol–water partition coefficient (Wildman–Crippen LogP) is 2.94. The number of ether oxygens (including phenoxy) is 1. The molecule has 2 aliphatic heterocycles. The summed E-state index contributed by atoms with van der Waals surface area (Å²) >= 11 is 0. The summed E-state index contributed by atoms with van der Waals surface area (Å²) < 4.78 is 47.6. The first-order valence-corrected chi connectivity index (χ1v) is 13.2. The lowest BCUT2D eigenvalue weighted by Crippen LogP contribution is -2.61. The number of nitrogens with two attached hydrogens (primary N) is 2. The Hall–Kier alpha value is -3.29. The average molecular weight is 544 g/mol. The third kappa shape index (κ3) is 4.72. The third-order valence-electron chi connectivity index (χ3n) is 8.43. The van der Waals surface area contributed by atoms with Crippen LogP contribution >= 0.6 is 0 Å². The number of rotatable bonds is 5. The molecule has 0 bridgehead atoms. The fourth-order valence-electron chi connectivity index (χ4n) is 5.90. The summed E-state index contributed by atoms with van der Waals surface area (Å²) in [6.07, 6.45) is 6.62. The number of aliphatic imine (C=N–C) groups is 1. The highest BCUT2D eigenvalue weighted by Gasteiger charge is 2.48. The molecule has 39 heavy (non-hydrogen) atoms. The number of H-pyrrole nitrogens is 1. The van der Waals surface area contributed by atoms with Gasteiger partial charge in [0.2, 0.25) is 0 Å². The number of likely N-dealkylation sites (tertiary alicyclic amines) is 1. The van der Waals surface area contributed by atoms with Gasteiger partial charge in [-0.1, -0.05) is 6.92 Å². The number of alkyl halides is 3. The van der Waals surface area contributed by atoms with Crippen LogP contribution in [0.15, 0.2) is 47.7 Å². The molecule has 0 radical (unpaired) electrons. The molecule has 2 unspecified atom stereocenters. The van der Waals surface area contributed by atoms with Crippen molar-refractivity contribution in [3.05, 3.63) is 42.8 Å². The number of aromatic nitrogens is 5. The van der Waals surface area contributed by atoms with E-state index in [1.54, 1.807) is 13.3 Å². The van der Waals surface area contributed by atoms with Crippen molar-refractivity contribution in [1.82, 2.24) is 29.6 Å². The van der Waals surface area contributed by atoms with Gasteiger partial charge in [-0.25, -0.2) is 15.0 Å². The monoisotopic (exact) mass is 543 g/mol. The highest BCUT2D eigenvalue weighted by molar-refractivity contribution is 5.90. The number of aromatic amines is 1. The van der Waals surface area contributed by atoms with Crippen molar-refractivity contribution >= 4 is 16.9 Å². The van der Waals surface area contributed by atoms with E-state index in [0.717, 1.165) is 54.3 Å². The summed E-state index contributed by atoms with van der Waals surface area (Å²) in [7, 11) is 0. The molecule has 3 aromatic heterocycles. The zero-order valence-corrected chi connectivity index (χ0v) is 21.6. The fraction of sp³-hybridized carbons (Fsp3) is 0.538. The largest absolute Gasteiger partial charge is 0.477 e. The van der Waals surface area contributed by atoms with Crippen molar-refractivity contribution in [3.63, 3.8) is 0 Å². The van der Waals surface area contributed by atoms with Crippen molar-refractivity contribution in [2.45, 2.75) is 62.5 Å². The Bertz CT molecular complexity index is 1400. The van der Waals surface area contributed by atoms with Crippen LogP contribution in [0.3, 0.4) is 0 Å². The van der Waals surface area contributed by atoms with Crippen LogP contribution in [0.4, 0.5) is 13.2 Å². The minimum absolute atomic E-state index is 0.0802. The lowest BCUT2D eigenvalue weighted by Gasteiger charge is -2.52. The Morgan fingerprint density at radius 3 is 2.69 bits per heavy atom. The molecule has 2 atom stereocenters. The maximum Gasteiger partial charge on any atom is 0.433 e. The van der Waals surface area contributed by atoms with Crippen LogP contribution in [0.25, 0.3) is 22.3 Å². The Morgan fingerprint density at radius 2 is 1.97 bits per heavy atom. The van der Waals surface area contributed by atoms with Gasteiger partial charge in [0.05, 0.1) is 23.3 Å². The van der Waals surface area contributed by atoms with Crippen molar-refractivity contribution in [2.24, 2.45) is 22.4 Å². The van der Waals surface area contributed by atoms with Gasteiger partial charge in [-0.15, -0.1) is 0 Å². The van der Waals surface area contributed by atoms with E-state index in [2.05, 4.69) is 29.9 Å². The van der Waals surface area contributed by atoms with Gasteiger partial charge in [-0.05, 0) is 37.8 Å². The highest BCUT2D eigenvalue weighted by Crippen LogP contribution is 2.43. The molecule has 6 rings (SSSR count). The summed E-state index contributed by atoms with van der Waals surface area (Å²) in [4.78, 5) is 18.0. The van der Waals surface area contributed by atoms with Crippen LogP contribution < -0.4 is 11.5 Å². The van der Waals surface area contributed by atoms with E-state index in [0.29, 0.717) is 25.4 Å². The van der Waals surface area contributed by atoms with Crippen LogP contribution in [0, 0.1) is 5.92 Å². The molecule has 3 aromatic rings. The second-order valence-electron chi connectivity index (χ2n) is 10.8. The molecule has 5 N–H and O–H groups in total. The molecule has 0 amide bonds. The highest BCUT2D eigenvalue weighted by atomic mass is 19.4. The van der Waals surface area contributed by atoms with E-state index in [-0.39, 0.29) is 17.5 Å². The number of hydrogen-bond acceptors (Lipinski definition) is 8. The van der Waals surface area contributed by atoms with Crippen LogP contribution in [0.5, 0.6) is 0 Å². The van der Waals surface area contributed by atoms with Gasteiger partial charge in [-0.3, -0.25) is 9.58 Å². The van der Waals surface area contributed by atoms with E-state index >= 15 is 0 Å². The summed E-state index contributed by atoms with van der Waals surface area (Å²) in [5.74, 6) is -0.322. The SMILES string of the molecule is CC1C(OC2CCN(C3CC(CN)(n4cc(-c5ncnc6[nH]ccc56)cn4)C3)CC2)=NC(C(F)(F)F)=CC1N. The number of nitrogens with zero attached hydrogens (tertiary/aromatic N) is 6. The van der Waals surface area contributed by atoms with Gasteiger partial charge >= 0.3 is 6.18 Å². The number of allylic oxidation sites excluding steroid dienone is 1. The van der Waals surface area contributed by atoms with Crippen molar-refractivity contribution in [1.29, 1.82) is 0 Å². The predicted molar refractivity (Wildman–Crippen MR) is 140 cm³/mol. The molecule has 1 aliphatic carbocycles. The van der Waals surface area contributed by atoms with Crippen LogP contribution in [-0.4, -0.2) is 79.5 Å². The lowest BCUT2D eigenvalue weighted by atomic mass is 9.71. The van der Waals surface area contributed by atoms with Crippen LogP contribution in [0.2, 0.25) is 0 Å². The molecule has 3 aliphatic rings. The van der Waals surface area contributed by atoms with Gasteiger partial charge < -0.3 is 21.2 Å². The number of piperidine rings is 1. The third-order valence-corrected chi connectivity index (χ3v) is 8.43. The summed E-state index contributed by atoms with van der Waals surface area (Å²) in [6.45, 7) is 3.81. The Morgan fingerprint density at radius 1 is 1.21 bits per heavy atom. The van der Waals surface area contributed by atoms with Crippen LogP contribution in [-0.2, 0) is 10.3 Å². The van der Waals surface area contributed by atoms with Crippen molar-refractivity contribution in [2.75, 3.05) is 19.6 Å². The van der Waals surface area contributed by atoms with Crippen LogP contribution in [0.1, 0.15) is 32.6 Å². The minimum Gasteiger partial charge on any atom is -0.477 e. The van der Waals surface area contributed by atoms with Gasteiger partial charge in [0.25, 0.3) is 0 Å². The number of nitrogens with one attached hydrogen (secondary N) is 1. The number of halogens is 3. The first-order valence-electron chi connectivity index (χ1n) is 13.2. The molecular formula is C26H32F3N9O. The first kappa shape index (κ1) is 26.0. The quantitative estimate of drug-likeness (QED) is 0.450. The summed E-state index contributed by atoms with van der Waals surface area (Å²) in [6, 6.07) is 1.53. The molecule has 5 heterocycles. The Balaban J connectivity index is 1.07. The van der Waals surface area contributed by atoms with E-state index in [1.807, 2.05) is 29.3 Å². The smallest absolute Gasteiger partial charge is 0.433 e. The van der Waals surface area contributed by atoms with Gasteiger partial charge in [0, 0.05) is 55.1 Å². The number of hydrogen-bond donors (Lipinski definition) is 3. The zero-order valence-electron chi connectivity index (χ0n) is 21.6. The molecule has 0 aromatic carbocycles. The summed E-state index contributed by atoms with van der Waals surface area (Å²) in [5, 5.41) is 5.60. The topological polar surface area (TPSA) is 136 Å². The van der Waals surface area contributed by atoms with Crippen molar-refractivity contribution in [3.8, 4) is 11.3 Å². The Kier molecular flexibility index (Phi) is 6.47. The second kappa shape index (κ2) is 9.72. The van der Waals surface area contributed by atoms with E-state index in [9.17, 15) is 13.2 Å².